The molecule has 1 aromatic carbocycles. The summed E-state index contributed by atoms with van der Waals surface area (Å²) in [6.07, 6.45) is 0.437. The van der Waals surface area contributed by atoms with Crippen LogP contribution in [-0.2, 0) is 21.2 Å². The molecule has 1 aliphatic rings. The van der Waals surface area contributed by atoms with Crippen molar-refractivity contribution in [1.29, 1.82) is 0 Å². The van der Waals surface area contributed by atoms with Crippen molar-refractivity contribution in [3.05, 3.63) is 51.7 Å². The molecule has 2 aromatic rings. The van der Waals surface area contributed by atoms with Crippen molar-refractivity contribution >= 4 is 21.4 Å². The van der Waals surface area contributed by atoms with Crippen LogP contribution in [-0.4, -0.2) is 43.2 Å². The molecule has 0 spiro atoms. The van der Waals surface area contributed by atoms with Crippen LogP contribution in [0.4, 0.5) is 4.39 Å². The lowest BCUT2D eigenvalue weighted by Gasteiger charge is -2.34. The lowest BCUT2D eigenvalue weighted by molar-refractivity contribution is 0.0320. The van der Waals surface area contributed by atoms with E-state index in [0.717, 1.165) is 10.6 Å². The molecule has 1 fully saturated rings. The Kier molecular flexibility index (Phi) is 5.29. The Labute approximate surface area is 145 Å². The fourth-order valence-corrected chi connectivity index (χ4v) is 5.33. The number of aryl methyl sites for hydroxylation is 2. The second-order valence-corrected chi connectivity index (χ2v) is 8.66. The average molecular weight is 370 g/mol. The fourth-order valence-electron chi connectivity index (χ4n) is 2.80. The van der Waals surface area contributed by atoms with Crippen LogP contribution >= 0.6 is 11.3 Å². The summed E-state index contributed by atoms with van der Waals surface area (Å²) in [6.45, 7) is 2.75. The molecule has 5 nitrogen and oxygen atoms in total. The Morgan fingerprint density at radius 2 is 2.29 bits per heavy atom. The summed E-state index contributed by atoms with van der Waals surface area (Å²) in [7, 11) is -3.48. The SMILES string of the molecule is Cc1ncsc1CCS(=O)(=O)N1CCOCC1c1cccc(F)c1. The number of hydrogen-bond acceptors (Lipinski definition) is 5. The molecule has 1 saturated heterocycles. The first kappa shape index (κ1) is 17.5. The van der Waals surface area contributed by atoms with E-state index in [4.69, 9.17) is 4.74 Å². The van der Waals surface area contributed by atoms with Crippen LogP contribution in [0.2, 0.25) is 0 Å². The third-order valence-electron chi connectivity index (χ3n) is 4.10. The van der Waals surface area contributed by atoms with Gasteiger partial charge < -0.3 is 4.74 Å². The number of morpholine rings is 1. The molecular formula is C16H19FN2O3S2. The molecule has 0 radical (unpaired) electrons. The summed E-state index contributed by atoms with van der Waals surface area (Å²) in [4.78, 5) is 5.13. The maximum Gasteiger partial charge on any atom is 0.215 e. The van der Waals surface area contributed by atoms with Crippen molar-refractivity contribution in [2.24, 2.45) is 0 Å². The van der Waals surface area contributed by atoms with Gasteiger partial charge >= 0.3 is 0 Å². The number of halogens is 1. The van der Waals surface area contributed by atoms with Gasteiger partial charge in [0.1, 0.15) is 5.82 Å². The van der Waals surface area contributed by atoms with Gasteiger partial charge in [-0.15, -0.1) is 11.3 Å². The van der Waals surface area contributed by atoms with E-state index in [1.165, 1.54) is 27.8 Å². The topological polar surface area (TPSA) is 59.5 Å². The lowest BCUT2D eigenvalue weighted by atomic mass is 10.1. The van der Waals surface area contributed by atoms with Crippen LogP contribution in [0.15, 0.2) is 29.8 Å². The molecule has 1 aliphatic heterocycles. The maximum absolute atomic E-state index is 13.5. The van der Waals surface area contributed by atoms with Crippen LogP contribution in [0, 0.1) is 12.7 Å². The largest absolute Gasteiger partial charge is 0.378 e. The Hall–Kier alpha value is -1.35. The first-order chi connectivity index (χ1) is 11.5. The standard InChI is InChI=1S/C16H19FN2O3S2/c1-12-16(23-11-18-12)5-8-24(20,21)19-6-7-22-10-15(19)13-3-2-4-14(17)9-13/h2-4,9,11,15H,5-8,10H2,1H3. The van der Waals surface area contributed by atoms with Crippen LogP contribution in [0.3, 0.4) is 0 Å². The van der Waals surface area contributed by atoms with Gasteiger partial charge in [-0.25, -0.2) is 17.8 Å². The number of nitrogens with zero attached hydrogens (tertiary/aromatic N) is 2. The molecule has 3 rings (SSSR count). The van der Waals surface area contributed by atoms with Crippen LogP contribution in [0.5, 0.6) is 0 Å². The molecule has 2 heterocycles. The molecule has 1 atom stereocenters. The zero-order valence-corrected chi connectivity index (χ0v) is 14.9. The molecule has 0 aliphatic carbocycles. The minimum Gasteiger partial charge on any atom is -0.378 e. The maximum atomic E-state index is 13.5. The number of aromatic nitrogens is 1. The monoisotopic (exact) mass is 370 g/mol. The molecule has 0 bridgehead atoms. The number of rotatable bonds is 5. The van der Waals surface area contributed by atoms with E-state index >= 15 is 0 Å². The third-order valence-corrected chi connectivity index (χ3v) is 6.97. The van der Waals surface area contributed by atoms with Gasteiger partial charge in [0.2, 0.25) is 10.0 Å². The van der Waals surface area contributed by atoms with Gasteiger partial charge in [0.25, 0.3) is 0 Å². The number of benzene rings is 1. The predicted octanol–water partition coefficient (Wildman–Crippen LogP) is 2.54. The van der Waals surface area contributed by atoms with Crippen molar-refractivity contribution in [3.8, 4) is 0 Å². The smallest absolute Gasteiger partial charge is 0.215 e. The fraction of sp³-hybridized carbons (Fsp3) is 0.438. The van der Waals surface area contributed by atoms with E-state index in [-0.39, 0.29) is 24.7 Å². The first-order valence-electron chi connectivity index (χ1n) is 7.69. The minimum atomic E-state index is -3.48. The van der Waals surface area contributed by atoms with Crippen molar-refractivity contribution in [3.63, 3.8) is 0 Å². The van der Waals surface area contributed by atoms with E-state index in [1.807, 2.05) is 6.92 Å². The van der Waals surface area contributed by atoms with E-state index in [0.29, 0.717) is 18.6 Å². The number of ether oxygens (including phenoxy) is 1. The molecule has 1 unspecified atom stereocenters. The van der Waals surface area contributed by atoms with Crippen molar-refractivity contribution < 1.29 is 17.5 Å². The van der Waals surface area contributed by atoms with Gasteiger partial charge in [-0.1, -0.05) is 12.1 Å². The molecule has 130 valence electrons. The Morgan fingerprint density at radius 1 is 1.46 bits per heavy atom. The Morgan fingerprint density at radius 3 is 3.00 bits per heavy atom. The normalized spacial score (nSPS) is 19.5. The van der Waals surface area contributed by atoms with Gasteiger partial charge in [-0.05, 0) is 31.0 Å². The summed E-state index contributed by atoms with van der Waals surface area (Å²) < 4.78 is 46.0. The van der Waals surface area contributed by atoms with E-state index in [9.17, 15) is 12.8 Å². The zero-order chi connectivity index (χ0) is 17.2. The van der Waals surface area contributed by atoms with E-state index in [2.05, 4.69) is 4.98 Å². The summed E-state index contributed by atoms with van der Waals surface area (Å²) in [6, 6.07) is 5.55. The Balaban J connectivity index is 1.80. The summed E-state index contributed by atoms with van der Waals surface area (Å²) in [5.41, 5.74) is 3.22. The number of sulfonamides is 1. The lowest BCUT2D eigenvalue weighted by Crippen LogP contribution is -2.44. The zero-order valence-electron chi connectivity index (χ0n) is 13.3. The average Bonchev–Trinajstić information content (AvgIpc) is 2.98. The van der Waals surface area contributed by atoms with Crippen LogP contribution in [0.1, 0.15) is 22.2 Å². The highest BCUT2D eigenvalue weighted by molar-refractivity contribution is 7.89. The third kappa shape index (κ3) is 3.83. The van der Waals surface area contributed by atoms with Crippen LogP contribution in [0.25, 0.3) is 0 Å². The quantitative estimate of drug-likeness (QED) is 0.812. The molecule has 8 heteroatoms. The summed E-state index contributed by atoms with van der Waals surface area (Å²) in [5, 5.41) is 0. The predicted molar refractivity (Wildman–Crippen MR) is 91.0 cm³/mol. The van der Waals surface area contributed by atoms with Gasteiger partial charge in [-0.2, -0.15) is 4.31 Å². The second-order valence-electron chi connectivity index (χ2n) is 5.68. The van der Waals surface area contributed by atoms with Crippen LogP contribution < -0.4 is 0 Å². The highest BCUT2D eigenvalue weighted by Crippen LogP contribution is 2.28. The molecular weight excluding hydrogens is 351 g/mol. The first-order valence-corrected chi connectivity index (χ1v) is 10.2. The number of hydrogen-bond donors (Lipinski definition) is 0. The van der Waals surface area contributed by atoms with Gasteiger partial charge in [-0.3, -0.25) is 0 Å². The Bertz CT molecular complexity index is 807. The van der Waals surface area contributed by atoms with E-state index in [1.54, 1.807) is 17.6 Å². The minimum absolute atomic E-state index is 0.0157. The van der Waals surface area contributed by atoms with Crippen molar-refractivity contribution in [1.82, 2.24) is 9.29 Å². The van der Waals surface area contributed by atoms with E-state index < -0.39 is 16.1 Å². The molecule has 0 saturated carbocycles. The second kappa shape index (κ2) is 7.26. The highest BCUT2D eigenvalue weighted by Gasteiger charge is 2.34. The highest BCUT2D eigenvalue weighted by atomic mass is 32.2. The molecule has 0 N–H and O–H groups in total. The summed E-state index contributed by atoms with van der Waals surface area (Å²) in [5.74, 6) is -0.363. The van der Waals surface area contributed by atoms with Gasteiger partial charge in [0, 0.05) is 11.4 Å². The van der Waals surface area contributed by atoms with Crippen molar-refractivity contribution in [2.75, 3.05) is 25.5 Å². The molecule has 24 heavy (non-hydrogen) atoms. The molecule has 0 amide bonds. The van der Waals surface area contributed by atoms with Gasteiger partial charge in [0.05, 0.1) is 36.2 Å². The van der Waals surface area contributed by atoms with Gasteiger partial charge in [0.15, 0.2) is 0 Å². The number of thiazole rings is 1. The molecule has 1 aromatic heterocycles. The summed E-state index contributed by atoms with van der Waals surface area (Å²) >= 11 is 1.47. The van der Waals surface area contributed by atoms with Crippen molar-refractivity contribution in [2.45, 2.75) is 19.4 Å².